The van der Waals surface area contributed by atoms with Crippen molar-refractivity contribution in [2.45, 2.75) is 40.0 Å². The second-order valence-electron chi connectivity index (χ2n) is 6.18. The summed E-state index contributed by atoms with van der Waals surface area (Å²) in [7, 11) is 0. The average molecular weight is 257 g/mol. The Labute approximate surface area is 116 Å². The van der Waals surface area contributed by atoms with Crippen molar-refractivity contribution in [3.63, 3.8) is 0 Å². The summed E-state index contributed by atoms with van der Waals surface area (Å²) in [6.45, 7) is 12.1. The lowest BCUT2D eigenvalue weighted by atomic mass is 9.64. The van der Waals surface area contributed by atoms with Crippen LogP contribution in [0, 0.1) is 43.9 Å². The van der Waals surface area contributed by atoms with E-state index in [0.717, 1.165) is 0 Å². The van der Waals surface area contributed by atoms with Gasteiger partial charge >= 0.3 is 0 Å². The Morgan fingerprint density at radius 3 is 2.21 bits per heavy atom. The fourth-order valence-corrected chi connectivity index (χ4v) is 3.23. The second-order valence-corrected chi connectivity index (χ2v) is 6.18. The molecule has 2 nitrogen and oxygen atoms in total. The third kappa shape index (κ3) is 2.07. The van der Waals surface area contributed by atoms with Gasteiger partial charge in [-0.2, -0.15) is 5.26 Å². The molecule has 1 aliphatic heterocycles. The Morgan fingerprint density at radius 1 is 1.16 bits per heavy atom. The van der Waals surface area contributed by atoms with E-state index in [-0.39, 0.29) is 11.3 Å². The van der Waals surface area contributed by atoms with E-state index < -0.39 is 0 Å². The van der Waals surface area contributed by atoms with Gasteiger partial charge in [0.25, 0.3) is 0 Å². The number of ether oxygens (including phenoxy) is 1. The molecule has 1 fully saturated rings. The van der Waals surface area contributed by atoms with Crippen LogP contribution in [-0.2, 0) is 10.2 Å². The lowest BCUT2D eigenvalue weighted by Gasteiger charge is -2.47. The second kappa shape index (κ2) is 4.98. The summed E-state index contributed by atoms with van der Waals surface area (Å²) in [6.07, 6.45) is 0. The van der Waals surface area contributed by atoms with E-state index in [9.17, 15) is 5.26 Å². The first-order valence-electron chi connectivity index (χ1n) is 6.98. The molecule has 1 saturated heterocycles. The number of hydrogen-bond acceptors (Lipinski definition) is 2. The van der Waals surface area contributed by atoms with Crippen LogP contribution in [0.3, 0.4) is 0 Å². The molecule has 1 unspecified atom stereocenters. The van der Waals surface area contributed by atoms with Gasteiger partial charge in [0.05, 0.1) is 30.6 Å². The van der Waals surface area contributed by atoms with E-state index in [1.807, 2.05) is 0 Å². The molecule has 2 heteroatoms. The smallest absolute Gasteiger partial charge is 0.0669 e. The van der Waals surface area contributed by atoms with Crippen LogP contribution < -0.4 is 0 Å². The summed E-state index contributed by atoms with van der Waals surface area (Å²) >= 11 is 0. The largest absolute Gasteiger partial charge is 0.379 e. The van der Waals surface area contributed by atoms with Gasteiger partial charge in [0.15, 0.2) is 0 Å². The normalized spacial score (nSPS) is 18.8. The van der Waals surface area contributed by atoms with Gasteiger partial charge in [-0.3, -0.25) is 0 Å². The van der Waals surface area contributed by atoms with Crippen LogP contribution in [0.5, 0.6) is 0 Å². The predicted molar refractivity (Wildman–Crippen MR) is 77.1 cm³/mol. The van der Waals surface area contributed by atoms with Crippen molar-refractivity contribution in [3.8, 4) is 6.07 Å². The highest BCUT2D eigenvalue weighted by molar-refractivity contribution is 5.45. The summed E-state index contributed by atoms with van der Waals surface area (Å²) < 4.78 is 5.50. The van der Waals surface area contributed by atoms with Crippen molar-refractivity contribution < 1.29 is 4.74 Å². The Bertz CT molecular complexity index is 521. The molecule has 1 aromatic carbocycles. The topological polar surface area (TPSA) is 33.0 Å². The minimum atomic E-state index is -0.106. The lowest BCUT2D eigenvalue weighted by Crippen LogP contribution is -2.54. The minimum Gasteiger partial charge on any atom is -0.379 e. The Hall–Kier alpha value is -1.33. The highest BCUT2D eigenvalue weighted by Crippen LogP contribution is 2.44. The maximum absolute atomic E-state index is 9.57. The third-order valence-corrected chi connectivity index (χ3v) is 4.71. The molecular formula is C17H23NO. The lowest BCUT2D eigenvalue weighted by molar-refractivity contribution is -0.0880. The van der Waals surface area contributed by atoms with Crippen molar-refractivity contribution in [2.75, 3.05) is 13.2 Å². The van der Waals surface area contributed by atoms with E-state index in [1.165, 1.54) is 22.3 Å². The molecule has 2 rings (SSSR count). The maximum atomic E-state index is 9.57. The van der Waals surface area contributed by atoms with Gasteiger partial charge in [-0.1, -0.05) is 26.0 Å². The fraction of sp³-hybridized carbons (Fsp3) is 0.588. The molecule has 0 aliphatic carbocycles. The van der Waals surface area contributed by atoms with E-state index in [0.29, 0.717) is 19.1 Å². The van der Waals surface area contributed by atoms with Crippen molar-refractivity contribution in [3.05, 3.63) is 34.4 Å². The predicted octanol–water partition coefficient (Wildman–Crippen LogP) is 3.68. The van der Waals surface area contributed by atoms with Gasteiger partial charge in [0, 0.05) is 0 Å². The Balaban J connectivity index is 2.54. The van der Waals surface area contributed by atoms with Crippen LogP contribution in [-0.4, -0.2) is 13.2 Å². The number of benzene rings is 1. The zero-order valence-electron chi connectivity index (χ0n) is 12.6. The standard InChI is InChI=1S/C17H23NO/c1-11(2)16(8-18)17(9-19-10-17)15-7-6-12(3)13(4)14(15)5/h6-7,11,16H,9-10H2,1-5H3. The molecule has 1 heterocycles. The number of aryl methyl sites for hydroxylation is 1. The van der Waals surface area contributed by atoms with Crippen molar-refractivity contribution in [1.82, 2.24) is 0 Å². The first-order valence-corrected chi connectivity index (χ1v) is 6.98. The monoisotopic (exact) mass is 257 g/mol. The first kappa shape index (κ1) is 14.1. The molecule has 0 amide bonds. The zero-order chi connectivity index (χ0) is 14.2. The molecule has 0 bridgehead atoms. The highest BCUT2D eigenvalue weighted by atomic mass is 16.5. The average Bonchev–Trinajstić information content (AvgIpc) is 2.31. The zero-order valence-corrected chi connectivity index (χ0v) is 12.6. The molecule has 102 valence electrons. The molecule has 0 N–H and O–H groups in total. The van der Waals surface area contributed by atoms with Gasteiger partial charge in [0.1, 0.15) is 0 Å². The van der Waals surface area contributed by atoms with Crippen molar-refractivity contribution in [2.24, 2.45) is 11.8 Å². The SMILES string of the molecule is Cc1ccc(C2(C(C#N)C(C)C)COC2)c(C)c1C. The van der Waals surface area contributed by atoms with Crippen LogP contribution in [0.15, 0.2) is 12.1 Å². The van der Waals surface area contributed by atoms with Crippen LogP contribution in [0.2, 0.25) is 0 Å². The molecule has 0 spiro atoms. The molecule has 1 aliphatic rings. The van der Waals surface area contributed by atoms with Crippen molar-refractivity contribution in [1.29, 1.82) is 5.26 Å². The van der Waals surface area contributed by atoms with Crippen LogP contribution in [0.1, 0.15) is 36.1 Å². The number of nitrogens with zero attached hydrogens (tertiary/aromatic N) is 1. The Morgan fingerprint density at radius 2 is 1.79 bits per heavy atom. The van der Waals surface area contributed by atoms with Crippen LogP contribution >= 0.6 is 0 Å². The molecule has 1 atom stereocenters. The number of hydrogen-bond donors (Lipinski definition) is 0. The molecule has 0 aromatic heterocycles. The first-order chi connectivity index (χ1) is 8.94. The van der Waals surface area contributed by atoms with Crippen LogP contribution in [0.25, 0.3) is 0 Å². The van der Waals surface area contributed by atoms with E-state index in [2.05, 4.69) is 52.8 Å². The number of rotatable bonds is 3. The summed E-state index contributed by atoms with van der Waals surface area (Å²) in [4.78, 5) is 0. The summed E-state index contributed by atoms with van der Waals surface area (Å²) in [5.74, 6) is 0.358. The van der Waals surface area contributed by atoms with Gasteiger partial charge in [-0.05, 0) is 48.9 Å². The number of nitriles is 1. The highest BCUT2D eigenvalue weighted by Gasteiger charge is 2.49. The van der Waals surface area contributed by atoms with Gasteiger partial charge in [0.2, 0.25) is 0 Å². The molecule has 19 heavy (non-hydrogen) atoms. The summed E-state index contributed by atoms with van der Waals surface area (Å²) in [5.41, 5.74) is 5.18. The van der Waals surface area contributed by atoms with Gasteiger partial charge in [-0.15, -0.1) is 0 Å². The Kier molecular flexibility index (Phi) is 3.69. The fourth-order valence-electron chi connectivity index (χ4n) is 3.23. The molecule has 0 radical (unpaired) electrons. The van der Waals surface area contributed by atoms with E-state index >= 15 is 0 Å². The summed E-state index contributed by atoms with van der Waals surface area (Å²) in [5, 5.41) is 9.57. The van der Waals surface area contributed by atoms with Crippen molar-refractivity contribution >= 4 is 0 Å². The van der Waals surface area contributed by atoms with Crippen LogP contribution in [0.4, 0.5) is 0 Å². The van der Waals surface area contributed by atoms with E-state index in [4.69, 9.17) is 4.74 Å². The van der Waals surface area contributed by atoms with E-state index in [1.54, 1.807) is 0 Å². The molecular weight excluding hydrogens is 234 g/mol. The third-order valence-electron chi connectivity index (χ3n) is 4.71. The summed E-state index contributed by atoms with van der Waals surface area (Å²) in [6, 6.07) is 6.90. The van der Waals surface area contributed by atoms with Gasteiger partial charge in [-0.25, -0.2) is 0 Å². The van der Waals surface area contributed by atoms with Gasteiger partial charge < -0.3 is 4.74 Å². The maximum Gasteiger partial charge on any atom is 0.0669 e. The molecule has 1 aromatic rings. The quantitative estimate of drug-likeness (QED) is 0.827. The molecule has 0 saturated carbocycles. The minimum absolute atomic E-state index is 0.0158.